The molecular weight excluding hydrogens is 286 g/mol. The van der Waals surface area contributed by atoms with Crippen molar-refractivity contribution in [1.82, 2.24) is 5.01 Å². The molecular formula is C11H11N3O7. The molecule has 21 heavy (non-hydrogen) atoms. The summed E-state index contributed by atoms with van der Waals surface area (Å²) in [6.07, 6.45) is 1.07. The molecule has 1 rings (SSSR count). The number of hydrazone groups is 1. The highest BCUT2D eigenvalue weighted by Gasteiger charge is 2.14. The Labute approximate surface area is 117 Å². The number of phenolic OH excluding ortho intramolecular Hbond substituents is 1. The van der Waals surface area contributed by atoms with Crippen molar-refractivity contribution in [3.8, 4) is 5.75 Å². The molecule has 0 fully saturated rings. The Hall–Kier alpha value is -3.17. The highest BCUT2D eigenvalue weighted by Crippen LogP contribution is 2.25. The molecule has 0 aliphatic heterocycles. The average Bonchev–Trinajstić information content (AvgIpc) is 2.35. The standard InChI is InChI=1S/C11H11N3O7/c15-9-2-1-7(3-8(9)14(20)21)4-12-13(5-10(16)17)6-11(18)19/h1-4,15H,5-6H2,(H,16,17)(H,18,19)/b12-4-. The Bertz CT molecular complexity index is 583. The van der Waals surface area contributed by atoms with Crippen LogP contribution in [0.3, 0.4) is 0 Å². The smallest absolute Gasteiger partial charge is 0.324 e. The molecule has 0 aromatic heterocycles. The number of aliphatic carboxylic acids is 2. The summed E-state index contributed by atoms with van der Waals surface area (Å²) in [6.45, 7) is -1.27. The molecule has 10 heteroatoms. The van der Waals surface area contributed by atoms with Crippen molar-refractivity contribution in [1.29, 1.82) is 0 Å². The minimum Gasteiger partial charge on any atom is -0.502 e. The Morgan fingerprint density at radius 1 is 1.29 bits per heavy atom. The van der Waals surface area contributed by atoms with Gasteiger partial charge in [0.25, 0.3) is 0 Å². The van der Waals surface area contributed by atoms with Gasteiger partial charge in [-0.3, -0.25) is 24.7 Å². The molecule has 0 saturated heterocycles. The zero-order chi connectivity index (χ0) is 16.0. The second kappa shape index (κ2) is 6.84. The van der Waals surface area contributed by atoms with E-state index < -0.39 is 41.4 Å². The van der Waals surface area contributed by atoms with Gasteiger partial charge in [-0.2, -0.15) is 5.10 Å². The van der Waals surface area contributed by atoms with Crippen LogP contribution in [0.15, 0.2) is 23.3 Å². The van der Waals surface area contributed by atoms with Gasteiger partial charge in [0.15, 0.2) is 5.75 Å². The van der Waals surface area contributed by atoms with Crippen LogP contribution < -0.4 is 0 Å². The molecule has 0 atom stereocenters. The topological polar surface area (TPSA) is 154 Å². The lowest BCUT2D eigenvalue weighted by Crippen LogP contribution is -2.30. The van der Waals surface area contributed by atoms with Crippen molar-refractivity contribution in [3.63, 3.8) is 0 Å². The van der Waals surface area contributed by atoms with Gasteiger partial charge < -0.3 is 15.3 Å². The number of benzene rings is 1. The third kappa shape index (κ3) is 5.14. The van der Waals surface area contributed by atoms with Crippen LogP contribution in [-0.2, 0) is 9.59 Å². The minimum absolute atomic E-state index is 0.209. The summed E-state index contributed by atoms with van der Waals surface area (Å²) in [5.74, 6) is -3.07. The first-order chi connectivity index (χ1) is 9.79. The predicted molar refractivity (Wildman–Crippen MR) is 69.2 cm³/mol. The summed E-state index contributed by atoms with van der Waals surface area (Å²) >= 11 is 0. The van der Waals surface area contributed by atoms with Crippen LogP contribution in [0.2, 0.25) is 0 Å². The molecule has 0 aliphatic carbocycles. The number of nitrogens with zero attached hydrogens (tertiary/aromatic N) is 3. The number of rotatable bonds is 7. The molecule has 0 spiro atoms. The third-order valence-corrected chi connectivity index (χ3v) is 2.20. The monoisotopic (exact) mass is 297 g/mol. The number of nitro benzene ring substituents is 1. The first kappa shape index (κ1) is 15.9. The minimum atomic E-state index is -1.27. The number of aromatic hydroxyl groups is 1. The van der Waals surface area contributed by atoms with Crippen LogP contribution in [0.5, 0.6) is 5.75 Å². The zero-order valence-electron chi connectivity index (χ0n) is 10.5. The average molecular weight is 297 g/mol. The molecule has 1 aromatic carbocycles. The van der Waals surface area contributed by atoms with Gasteiger partial charge in [-0.05, 0) is 12.1 Å². The van der Waals surface area contributed by atoms with Gasteiger partial charge in [0.05, 0.1) is 11.1 Å². The highest BCUT2D eigenvalue weighted by atomic mass is 16.6. The fraction of sp³-hybridized carbons (Fsp3) is 0.182. The lowest BCUT2D eigenvalue weighted by Gasteiger charge is -2.13. The van der Waals surface area contributed by atoms with E-state index in [4.69, 9.17) is 10.2 Å². The number of carboxylic acid groups (broad SMARTS) is 2. The summed E-state index contributed by atoms with van der Waals surface area (Å²) in [4.78, 5) is 31.0. The number of carbonyl (C=O) groups is 2. The van der Waals surface area contributed by atoms with Gasteiger partial charge in [-0.25, -0.2) is 0 Å². The van der Waals surface area contributed by atoms with Crippen molar-refractivity contribution < 1.29 is 29.8 Å². The molecule has 1 aromatic rings. The second-order valence-corrected chi connectivity index (χ2v) is 3.86. The van der Waals surface area contributed by atoms with Gasteiger partial charge >= 0.3 is 17.6 Å². The van der Waals surface area contributed by atoms with Crippen LogP contribution in [0.4, 0.5) is 5.69 Å². The number of hydrogen-bond acceptors (Lipinski definition) is 7. The number of nitro groups is 1. The largest absolute Gasteiger partial charge is 0.502 e. The maximum atomic E-state index is 10.6. The highest BCUT2D eigenvalue weighted by molar-refractivity contribution is 5.82. The van der Waals surface area contributed by atoms with Crippen molar-refractivity contribution in [3.05, 3.63) is 33.9 Å². The number of carboxylic acids is 2. The fourth-order valence-electron chi connectivity index (χ4n) is 1.37. The number of hydrogen-bond donors (Lipinski definition) is 3. The summed E-state index contributed by atoms with van der Waals surface area (Å²) in [7, 11) is 0. The maximum absolute atomic E-state index is 10.6. The van der Waals surface area contributed by atoms with E-state index in [9.17, 15) is 24.8 Å². The summed E-state index contributed by atoms with van der Waals surface area (Å²) < 4.78 is 0. The van der Waals surface area contributed by atoms with Gasteiger partial charge in [-0.1, -0.05) is 0 Å². The molecule has 0 unspecified atom stereocenters. The van der Waals surface area contributed by atoms with E-state index in [-0.39, 0.29) is 5.56 Å². The van der Waals surface area contributed by atoms with Gasteiger partial charge in [0.2, 0.25) is 0 Å². The molecule has 0 aliphatic rings. The van der Waals surface area contributed by atoms with Crippen molar-refractivity contribution in [2.45, 2.75) is 0 Å². The van der Waals surface area contributed by atoms with Crippen LogP contribution >= 0.6 is 0 Å². The van der Waals surface area contributed by atoms with E-state index in [2.05, 4.69) is 5.10 Å². The molecule has 10 nitrogen and oxygen atoms in total. The molecule has 0 saturated carbocycles. The molecule has 0 amide bonds. The van der Waals surface area contributed by atoms with Crippen molar-refractivity contribution in [2.75, 3.05) is 13.1 Å². The first-order valence-corrected chi connectivity index (χ1v) is 5.49. The van der Waals surface area contributed by atoms with Crippen LogP contribution in [-0.4, -0.2) is 56.5 Å². The Kier molecular flexibility index (Phi) is 5.17. The van der Waals surface area contributed by atoms with Crippen molar-refractivity contribution in [2.24, 2.45) is 5.10 Å². The van der Waals surface area contributed by atoms with E-state index in [0.717, 1.165) is 23.4 Å². The Balaban J connectivity index is 2.94. The van der Waals surface area contributed by atoms with Gasteiger partial charge in [-0.15, -0.1) is 0 Å². The predicted octanol–water partition coefficient (Wildman–Crippen LogP) is 0.105. The quantitative estimate of drug-likeness (QED) is 0.364. The summed E-state index contributed by atoms with van der Waals surface area (Å²) in [5.41, 5.74) is -0.331. The SMILES string of the molecule is O=C(O)CN(CC(=O)O)/N=C\c1ccc(O)c([N+](=O)[O-])c1. The summed E-state index contributed by atoms with van der Waals surface area (Å²) in [5, 5.41) is 41.6. The fourth-order valence-corrected chi connectivity index (χ4v) is 1.37. The second-order valence-electron chi connectivity index (χ2n) is 3.86. The van der Waals surface area contributed by atoms with Crippen LogP contribution in [0, 0.1) is 10.1 Å². The summed E-state index contributed by atoms with van der Waals surface area (Å²) in [6, 6.07) is 3.42. The first-order valence-electron chi connectivity index (χ1n) is 5.49. The Morgan fingerprint density at radius 3 is 2.33 bits per heavy atom. The van der Waals surface area contributed by atoms with E-state index >= 15 is 0 Å². The van der Waals surface area contributed by atoms with Crippen molar-refractivity contribution >= 4 is 23.8 Å². The molecule has 0 bridgehead atoms. The van der Waals surface area contributed by atoms with E-state index in [1.54, 1.807) is 0 Å². The maximum Gasteiger partial charge on any atom is 0.324 e. The zero-order valence-corrected chi connectivity index (χ0v) is 10.5. The van der Waals surface area contributed by atoms with E-state index in [0.29, 0.717) is 0 Å². The molecule has 0 heterocycles. The molecule has 112 valence electrons. The van der Waals surface area contributed by atoms with Crippen LogP contribution in [0.25, 0.3) is 0 Å². The Morgan fingerprint density at radius 2 is 1.86 bits per heavy atom. The normalized spacial score (nSPS) is 10.5. The van der Waals surface area contributed by atoms with Crippen LogP contribution in [0.1, 0.15) is 5.56 Å². The van der Waals surface area contributed by atoms with E-state index in [1.807, 2.05) is 0 Å². The van der Waals surface area contributed by atoms with Gasteiger partial charge in [0.1, 0.15) is 13.1 Å². The lowest BCUT2D eigenvalue weighted by atomic mass is 10.2. The third-order valence-electron chi connectivity index (χ3n) is 2.20. The van der Waals surface area contributed by atoms with E-state index in [1.165, 1.54) is 6.07 Å². The molecule has 3 N–H and O–H groups in total. The number of phenols is 1. The molecule has 0 radical (unpaired) electrons. The lowest BCUT2D eigenvalue weighted by molar-refractivity contribution is -0.385. The van der Waals surface area contributed by atoms with Gasteiger partial charge in [0, 0.05) is 11.6 Å².